The smallest absolute Gasteiger partial charge is 0.225 e. The van der Waals surface area contributed by atoms with Crippen molar-refractivity contribution in [2.45, 2.75) is 44.7 Å². The number of piperidine rings is 1. The molecule has 2 heterocycles. The zero-order chi connectivity index (χ0) is 21.5. The predicted octanol–water partition coefficient (Wildman–Crippen LogP) is 3.46. The summed E-state index contributed by atoms with van der Waals surface area (Å²) in [7, 11) is 1.79. The molecule has 31 heavy (non-hydrogen) atoms. The topological polar surface area (TPSA) is 68.8 Å². The minimum absolute atomic E-state index is 0.0695. The van der Waals surface area contributed by atoms with Gasteiger partial charge in [-0.05, 0) is 48.7 Å². The van der Waals surface area contributed by atoms with Crippen LogP contribution in [0.2, 0.25) is 0 Å². The van der Waals surface area contributed by atoms with Crippen LogP contribution in [0.4, 0.5) is 5.69 Å². The zero-order valence-electron chi connectivity index (χ0n) is 18.4. The van der Waals surface area contributed by atoms with Crippen LogP contribution in [0.15, 0.2) is 53.5 Å². The Balaban J connectivity index is 1.34. The molecule has 0 bridgehead atoms. The van der Waals surface area contributed by atoms with Gasteiger partial charge >= 0.3 is 0 Å². The summed E-state index contributed by atoms with van der Waals surface area (Å²) in [6, 6.07) is 16.7. The lowest BCUT2D eigenvalue weighted by Gasteiger charge is -2.27. The number of guanidine groups is 1. The van der Waals surface area contributed by atoms with Crippen molar-refractivity contribution in [3.63, 3.8) is 0 Å². The molecule has 0 saturated carbocycles. The van der Waals surface area contributed by atoms with Gasteiger partial charge in [-0.25, -0.2) is 0 Å². The summed E-state index contributed by atoms with van der Waals surface area (Å²) in [5.74, 6) is 0.964. The number of carbonyl (C=O) groups is 1. The summed E-state index contributed by atoms with van der Waals surface area (Å²) >= 11 is 0. The van der Waals surface area contributed by atoms with E-state index in [0.29, 0.717) is 13.0 Å². The van der Waals surface area contributed by atoms with Crippen molar-refractivity contribution in [1.82, 2.24) is 15.5 Å². The number of nitrogens with one attached hydrogen (secondary N) is 3. The van der Waals surface area contributed by atoms with E-state index in [1.807, 2.05) is 18.2 Å². The fourth-order valence-electron chi connectivity index (χ4n) is 4.55. The summed E-state index contributed by atoms with van der Waals surface area (Å²) in [4.78, 5) is 19.0. The van der Waals surface area contributed by atoms with Gasteiger partial charge in [-0.3, -0.25) is 14.7 Å². The largest absolute Gasteiger partial charge is 0.356 e. The monoisotopic (exact) mass is 419 g/mol. The molecule has 2 aliphatic heterocycles. The highest BCUT2D eigenvalue weighted by atomic mass is 16.1. The van der Waals surface area contributed by atoms with Crippen molar-refractivity contribution in [3.05, 3.63) is 65.2 Å². The fourth-order valence-corrected chi connectivity index (χ4v) is 4.55. The van der Waals surface area contributed by atoms with E-state index in [-0.39, 0.29) is 11.8 Å². The lowest BCUT2D eigenvalue weighted by atomic mass is 9.90. The lowest BCUT2D eigenvalue weighted by Crippen LogP contribution is -2.40. The second kappa shape index (κ2) is 10.4. The van der Waals surface area contributed by atoms with Gasteiger partial charge in [-0.1, -0.05) is 48.9 Å². The second-order valence-electron chi connectivity index (χ2n) is 8.45. The quantitative estimate of drug-likeness (QED) is 0.495. The molecule has 2 aliphatic rings. The standard InChI is InChI=1S/C25H33N5O/c1-26-25(28-17-21-15-24(31)29-23-12-6-5-11-22(21)23)27-16-19-9-3-4-10-20(19)18-30-13-7-2-8-14-30/h3-6,9-12,21H,2,7-8,13-18H2,1H3,(H,29,31)(H2,26,27,28). The summed E-state index contributed by atoms with van der Waals surface area (Å²) < 4.78 is 0. The predicted molar refractivity (Wildman–Crippen MR) is 126 cm³/mol. The molecule has 6 heteroatoms. The van der Waals surface area contributed by atoms with Crippen LogP contribution in [0.3, 0.4) is 0 Å². The third-order valence-corrected chi connectivity index (χ3v) is 6.25. The van der Waals surface area contributed by atoms with Gasteiger partial charge in [0, 0.05) is 44.7 Å². The molecule has 1 unspecified atom stereocenters. The molecule has 0 aromatic heterocycles. The van der Waals surface area contributed by atoms with Gasteiger partial charge in [-0.2, -0.15) is 0 Å². The van der Waals surface area contributed by atoms with Gasteiger partial charge in [0.2, 0.25) is 5.91 Å². The number of nitrogens with zero attached hydrogens (tertiary/aromatic N) is 2. The van der Waals surface area contributed by atoms with E-state index >= 15 is 0 Å². The van der Waals surface area contributed by atoms with Crippen molar-refractivity contribution in [1.29, 1.82) is 0 Å². The average molecular weight is 420 g/mol. The van der Waals surface area contributed by atoms with E-state index in [9.17, 15) is 4.79 Å². The highest BCUT2D eigenvalue weighted by Crippen LogP contribution is 2.31. The molecule has 0 spiro atoms. The fraction of sp³-hybridized carbons (Fsp3) is 0.440. The lowest BCUT2D eigenvalue weighted by molar-refractivity contribution is -0.116. The Bertz CT molecular complexity index is 920. The molecular formula is C25H33N5O. The minimum Gasteiger partial charge on any atom is -0.356 e. The molecular weight excluding hydrogens is 386 g/mol. The molecule has 164 valence electrons. The second-order valence-corrected chi connectivity index (χ2v) is 8.45. The Morgan fingerprint density at radius 2 is 1.77 bits per heavy atom. The molecule has 3 N–H and O–H groups in total. The molecule has 0 radical (unpaired) electrons. The number of hydrogen-bond acceptors (Lipinski definition) is 3. The minimum atomic E-state index is 0.0695. The maximum absolute atomic E-state index is 12.1. The van der Waals surface area contributed by atoms with Crippen LogP contribution in [0, 0.1) is 0 Å². The Labute approximate surface area is 185 Å². The first kappa shape index (κ1) is 21.4. The van der Waals surface area contributed by atoms with Gasteiger partial charge in [0.05, 0.1) is 0 Å². The number of likely N-dealkylation sites (tertiary alicyclic amines) is 1. The van der Waals surface area contributed by atoms with Crippen LogP contribution in [0.1, 0.15) is 48.3 Å². The normalized spacial score (nSPS) is 19.5. The molecule has 1 fully saturated rings. The number of rotatable bonds is 6. The van der Waals surface area contributed by atoms with Gasteiger partial charge < -0.3 is 16.0 Å². The number of amides is 1. The third-order valence-electron chi connectivity index (χ3n) is 6.25. The number of para-hydroxylation sites is 1. The van der Waals surface area contributed by atoms with E-state index in [4.69, 9.17) is 0 Å². The van der Waals surface area contributed by atoms with Gasteiger partial charge in [-0.15, -0.1) is 0 Å². The van der Waals surface area contributed by atoms with E-state index < -0.39 is 0 Å². The van der Waals surface area contributed by atoms with Crippen molar-refractivity contribution in [3.8, 4) is 0 Å². The van der Waals surface area contributed by atoms with E-state index in [1.165, 1.54) is 49.0 Å². The van der Waals surface area contributed by atoms with E-state index in [0.717, 1.165) is 24.7 Å². The Hall–Kier alpha value is -2.86. The molecule has 6 nitrogen and oxygen atoms in total. The molecule has 4 rings (SSSR count). The summed E-state index contributed by atoms with van der Waals surface area (Å²) in [6.45, 7) is 4.80. The third kappa shape index (κ3) is 5.64. The maximum atomic E-state index is 12.1. The first-order valence-electron chi connectivity index (χ1n) is 11.4. The van der Waals surface area contributed by atoms with Crippen LogP contribution in [-0.2, 0) is 17.9 Å². The van der Waals surface area contributed by atoms with Crippen molar-refractivity contribution >= 4 is 17.6 Å². The van der Waals surface area contributed by atoms with Crippen LogP contribution in [0.5, 0.6) is 0 Å². The Morgan fingerprint density at radius 3 is 2.58 bits per heavy atom. The van der Waals surface area contributed by atoms with Crippen molar-refractivity contribution in [2.24, 2.45) is 4.99 Å². The molecule has 0 aliphatic carbocycles. The maximum Gasteiger partial charge on any atom is 0.225 e. The van der Waals surface area contributed by atoms with Gasteiger partial charge in [0.25, 0.3) is 0 Å². The van der Waals surface area contributed by atoms with Crippen molar-refractivity contribution < 1.29 is 4.79 Å². The van der Waals surface area contributed by atoms with E-state index in [1.54, 1.807) is 7.05 Å². The number of benzene rings is 2. The molecule has 2 aromatic carbocycles. The molecule has 1 atom stereocenters. The van der Waals surface area contributed by atoms with Gasteiger partial charge in [0.1, 0.15) is 0 Å². The van der Waals surface area contributed by atoms with Crippen LogP contribution in [-0.4, -0.2) is 43.4 Å². The number of fused-ring (bicyclic) bond motifs is 1. The molecule has 2 aromatic rings. The highest BCUT2D eigenvalue weighted by Gasteiger charge is 2.24. The highest BCUT2D eigenvalue weighted by molar-refractivity contribution is 5.94. The van der Waals surface area contributed by atoms with Crippen LogP contribution >= 0.6 is 0 Å². The molecule has 1 saturated heterocycles. The first-order valence-corrected chi connectivity index (χ1v) is 11.4. The number of anilines is 1. The van der Waals surface area contributed by atoms with E-state index in [2.05, 4.69) is 56.2 Å². The Kier molecular flexibility index (Phi) is 7.20. The number of carbonyl (C=O) groups excluding carboxylic acids is 1. The Morgan fingerprint density at radius 1 is 1.03 bits per heavy atom. The van der Waals surface area contributed by atoms with Crippen LogP contribution < -0.4 is 16.0 Å². The summed E-state index contributed by atoms with van der Waals surface area (Å²) in [5, 5.41) is 9.84. The van der Waals surface area contributed by atoms with Gasteiger partial charge in [0.15, 0.2) is 5.96 Å². The van der Waals surface area contributed by atoms with Crippen molar-refractivity contribution in [2.75, 3.05) is 32.0 Å². The first-order chi connectivity index (χ1) is 15.2. The number of aliphatic imine (C=N–C) groups is 1. The summed E-state index contributed by atoms with van der Waals surface area (Å²) in [6.07, 6.45) is 4.45. The van der Waals surface area contributed by atoms with Crippen LogP contribution in [0.25, 0.3) is 0 Å². The SMILES string of the molecule is CN=C(NCc1ccccc1CN1CCCCC1)NCC1CC(=O)Nc2ccccc21. The number of hydrogen-bond donors (Lipinski definition) is 3. The zero-order valence-corrected chi connectivity index (χ0v) is 18.4. The summed E-state index contributed by atoms with van der Waals surface area (Å²) in [5.41, 5.74) is 4.78. The average Bonchev–Trinajstić information content (AvgIpc) is 2.80. The molecule has 1 amide bonds.